The maximum atomic E-state index is 13.1. The number of benzene rings is 3. The molecule has 3 aromatic carbocycles. The van der Waals surface area contributed by atoms with Crippen LogP contribution in [0.4, 0.5) is 10.5 Å². The summed E-state index contributed by atoms with van der Waals surface area (Å²) in [7, 11) is 0. The van der Waals surface area contributed by atoms with Crippen molar-refractivity contribution in [2.45, 2.75) is 0 Å². The molecule has 182 valence electrons. The van der Waals surface area contributed by atoms with Gasteiger partial charge < -0.3 is 24.6 Å². The van der Waals surface area contributed by atoms with Gasteiger partial charge in [0.2, 0.25) is 0 Å². The maximum absolute atomic E-state index is 13.1. The smallest absolute Gasteiger partial charge is 0.325 e. The molecule has 4 rings (SSSR count). The molecule has 1 saturated heterocycles. The molecule has 3 aromatic rings. The SMILES string of the molecule is O=C(O)CN(C(=O)N1CCOCC1)c1cc(Br)c(Oc2ccc(O)c(-c3ccccc3)c2)c(Br)c1. The number of aromatic hydroxyl groups is 1. The normalized spacial score (nSPS) is 13.4. The second kappa shape index (κ2) is 11.1. The van der Waals surface area contributed by atoms with Crippen molar-refractivity contribution < 1.29 is 29.3 Å². The van der Waals surface area contributed by atoms with Crippen molar-refractivity contribution >= 4 is 49.5 Å². The molecule has 0 radical (unpaired) electrons. The fourth-order valence-corrected chi connectivity index (χ4v) is 5.00. The summed E-state index contributed by atoms with van der Waals surface area (Å²) >= 11 is 6.98. The number of phenols is 1. The minimum Gasteiger partial charge on any atom is -0.507 e. The fourth-order valence-electron chi connectivity index (χ4n) is 3.68. The molecule has 2 amide bonds. The number of morpholine rings is 1. The van der Waals surface area contributed by atoms with Gasteiger partial charge in [0.05, 0.1) is 22.2 Å². The van der Waals surface area contributed by atoms with E-state index >= 15 is 0 Å². The van der Waals surface area contributed by atoms with Gasteiger partial charge in [-0.1, -0.05) is 30.3 Å². The van der Waals surface area contributed by atoms with Crippen LogP contribution in [-0.2, 0) is 9.53 Å². The molecule has 2 N–H and O–H groups in total. The summed E-state index contributed by atoms with van der Waals surface area (Å²) in [4.78, 5) is 27.4. The molecule has 0 spiro atoms. The number of phenolic OH excluding ortho intramolecular Hbond substituents is 1. The Bertz CT molecular complexity index is 1210. The molecule has 0 aromatic heterocycles. The molecule has 1 aliphatic heterocycles. The number of nitrogens with zero attached hydrogens (tertiary/aromatic N) is 2. The molecule has 1 fully saturated rings. The number of carbonyl (C=O) groups excluding carboxylic acids is 1. The number of halogens is 2. The summed E-state index contributed by atoms with van der Waals surface area (Å²) in [5.41, 5.74) is 1.86. The molecule has 35 heavy (non-hydrogen) atoms. The maximum Gasteiger partial charge on any atom is 0.325 e. The monoisotopic (exact) mass is 604 g/mol. The number of ether oxygens (including phenoxy) is 2. The minimum absolute atomic E-state index is 0.128. The molecule has 0 unspecified atom stereocenters. The van der Waals surface area contributed by atoms with E-state index in [2.05, 4.69) is 31.9 Å². The Morgan fingerprint density at radius 1 is 1.00 bits per heavy atom. The molecule has 8 nitrogen and oxygen atoms in total. The van der Waals surface area contributed by atoms with Crippen LogP contribution in [0.5, 0.6) is 17.2 Å². The predicted molar refractivity (Wildman–Crippen MR) is 138 cm³/mol. The quantitative estimate of drug-likeness (QED) is 0.373. The highest BCUT2D eigenvalue weighted by atomic mass is 79.9. The lowest BCUT2D eigenvalue weighted by Gasteiger charge is -2.32. The molecular formula is C25H22Br2N2O6. The number of aliphatic carboxylic acids is 1. The van der Waals surface area contributed by atoms with E-state index in [1.807, 2.05) is 30.3 Å². The van der Waals surface area contributed by atoms with E-state index in [1.165, 1.54) is 4.90 Å². The van der Waals surface area contributed by atoms with Crippen LogP contribution in [-0.4, -0.2) is 60.0 Å². The van der Waals surface area contributed by atoms with E-state index in [4.69, 9.17) is 9.47 Å². The van der Waals surface area contributed by atoms with E-state index in [0.29, 0.717) is 58.0 Å². The number of rotatable bonds is 6. The summed E-state index contributed by atoms with van der Waals surface area (Å²) in [6, 6.07) is 17.3. The van der Waals surface area contributed by atoms with E-state index in [-0.39, 0.29) is 5.75 Å². The van der Waals surface area contributed by atoms with Crippen LogP contribution in [0.25, 0.3) is 11.1 Å². The third-order valence-electron chi connectivity index (χ3n) is 5.37. The van der Waals surface area contributed by atoms with Crippen molar-refractivity contribution in [2.75, 3.05) is 37.7 Å². The van der Waals surface area contributed by atoms with Crippen LogP contribution < -0.4 is 9.64 Å². The topological polar surface area (TPSA) is 99.5 Å². The lowest BCUT2D eigenvalue weighted by Crippen LogP contribution is -2.49. The standard InChI is InChI=1S/C25H22Br2N2O6/c26-20-12-17(29(15-23(31)32)25(33)28-8-10-34-11-9-28)13-21(27)24(20)35-18-6-7-22(30)19(14-18)16-4-2-1-3-5-16/h1-7,12-14,30H,8-11,15H2,(H,31,32). The summed E-state index contributed by atoms with van der Waals surface area (Å²) in [5.74, 6) is -0.0742. The summed E-state index contributed by atoms with van der Waals surface area (Å²) in [6.45, 7) is 1.11. The first-order valence-electron chi connectivity index (χ1n) is 10.7. The summed E-state index contributed by atoms with van der Waals surface area (Å²) in [6.07, 6.45) is 0. The van der Waals surface area contributed by atoms with Gasteiger partial charge in [0.1, 0.15) is 18.0 Å². The average Bonchev–Trinajstić information content (AvgIpc) is 2.86. The number of carbonyl (C=O) groups is 2. The zero-order chi connectivity index (χ0) is 24.9. The molecule has 1 aliphatic rings. The molecular weight excluding hydrogens is 584 g/mol. The number of anilines is 1. The number of urea groups is 1. The number of carboxylic acid groups (broad SMARTS) is 1. The third-order valence-corrected chi connectivity index (χ3v) is 6.55. The zero-order valence-corrected chi connectivity index (χ0v) is 21.7. The minimum atomic E-state index is -1.13. The Labute approximate surface area is 218 Å². The van der Waals surface area contributed by atoms with Crippen molar-refractivity contribution in [3.63, 3.8) is 0 Å². The van der Waals surface area contributed by atoms with E-state index in [9.17, 15) is 19.8 Å². The van der Waals surface area contributed by atoms with Gasteiger partial charge in [-0.25, -0.2) is 4.79 Å². The highest BCUT2D eigenvalue weighted by Gasteiger charge is 2.27. The van der Waals surface area contributed by atoms with E-state index in [1.54, 1.807) is 35.2 Å². The van der Waals surface area contributed by atoms with Gasteiger partial charge >= 0.3 is 12.0 Å². The molecule has 0 aliphatic carbocycles. The molecule has 10 heteroatoms. The number of amides is 2. The van der Waals surface area contributed by atoms with Crippen molar-refractivity contribution in [3.05, 3.63) is 69.6 Å². The van der Waals surface area contributed by atoms with Crippen molar-refractivity contribution in [1.82, 2.24) is 4.90 Å². The lowest BCUT2D eigenvalue weighted by molar-refractivity contribution is -0.135. The van der Waals surface area contributed by atoms with Crippen LogP contribution in [0, 0.1) is 0 Å². The lowest BCUT2D eigenvalue weighted by atomic mass is 10.0. The zero-order valence-electron chi connectivity index (χ0n) is 18.5. The fraction of sp³-hybridized carbons (Fsp3) is 0.200. The predicted octanol–water partition coefficient (Wildman–Crippen LogP) is 5.72. The van der Waals surface area contributed by atoms with Gasteiger partial charge in [-0.05, 0) is 67.8 Å². The Morgan fingerprint density at radius 3 is 2.29 bits per heavy atom. The number of carboxylic acids is 1. The number of hydrogen-bond donors (Lipinski definition) is 2. The van der Waals surface area contributed by atoms with Crippen LogP contribution in [0.3, 0.4) is 0 Å². The highest BCUT2D eigenvalue weighted by Crippen LogP contribution is 2.42. The van der Waals surface area contributed by atoms with Gasteiger partial charge in [-0.15, -0.1) is 0 Å². The van der Waals surface area contributed by atoms with Gasteiger partial charge in [0.25, 0.3) is 0 Å². The van der Waals surface area contributed by atoms with Gasteiger partial charge in [-0.3, -0.25) is 9.69 Å². The third kappa shape index (κ3) is 5.95. The average molecular weight is 606 g/mol. The van der Waals surface area contributed by atoms with E-state index < -0.39 is 18.5 Å². The Hall–Kier alpha value is -3.08. The van der Waals surface area contributed by atoms with Crippen LogP contribution in [0.2, 0.25) is 0 Å². The van der Waals surface area contributed by atoms with Gasteiger partial charge in [0, 0.05) is 24.3 Å². The van der Waals surface area contributed by atoms with Crippen LogP contribution in [0.1, 0.15) is 0 Å². The summed E-state index contributed by atoms with van der Waals surface area (Å²) < 4.78 is 12.4. The molecule has 1 heterocycles. The van der Waals surface area contributed by atoms with Crippen LogP contribution >= 0.6 is 31.9 Å². The Kier molecular flexibility index (Phi) is 7.94. The summed E-state index contributed by atoms with van der Waals surface area (Å²) in [5, 5.41) is 19.7. The van der Waals surface area contributed by atoms with Crippen molar-refractivity contribution in [3.8, 4) is 28.4 Å². The molecule has 0 bridgehead atoms. The van der Waals surface area contributed by atoms with Crippen LogP contribution in [0.15, 0.2) is 69.6 Å². The first-order valence-corrected chi connectivity index (χ1v) is 12.3. The van der Waals surface area contributed by atoms with E-state index in [0.717, 1.165) is 5.56 Å². The molecule has 0 atom stereocenters. The Balaban J connectivity index is 1.63. The van der Waals surface area contributed by atoms with Crippen molar-refractivity contribution in [1.29, 1.82) is 0 Å². The molecule has 0 saturated carbocycles. The second-order valence-electron chi connectivity index (χ2n) is 7.75. The second-order valence-corrected chi connectivity index (χ2v) is 9.46. The Morgan fingerprint density at radius 2 is 1.66 bits per heavy atom. The highest BCUT2D eigenvalue weighted by molar-refractivity contribution is 9.11. The van der Waals surface area contributed by atoms with Crippen molar-refractivity contribution in [2.24, 2.45) is 0 Å². The largest absolute Gasteiger partial charge is 0.507 e. The first kappa shape index (κ1) is 25.0. The van der Waals surface area contributed by atoms with Gasteiger partial charge in [0.15, 0.2) is 5.75 Å². The number of hydrogen-bond acceptors (Lipinski definition) is 5. The van der Waals surface area contributed by atoms with Gasteiger partial charge in [-0.2, -0.15) is 0 Å². The first-order chi connectivity index (χ1) is 16.8.